The first-order valence-corrected chi connectivity index (χ1v) is 5.58. The quantitative estimate of drug-likeness (QED) is 0.577. The molecule has 15 heavy (non-hydrogen) atoms. The molecule has 0 aromatic heterocycles. The molecule has 2 unspecified atom stereocenters. The Kier molecular flexibility index (Phi) is 4.80. The fourth-order valence-electron chi connectivity index (χ4n) is 2.71. The van der Waals surface area contributed by atoms with Crippen LogP contribution < -0.4 is 11.1 Å². The minimum atomic E-state index is -0.202. The summed E-state index contributed by atoms with van der Waals surface area (Å²) in [6.45, 7) is 4.90. The van der Waals surface area contributed by atoms with Crippen molar-refractivity contribution in [1.29, 1.82) is 0 Å². The zero-order valence-electron chi connectivity index (χ0n) is 9.22. The van der Waals surface area contributed by atoms with Gasteiger partial charge in [-0.3, -0.25) is 4.90 Å². The average molecular weight is 236 g/mol. The summed E-state index contributed by atoms with van der Waals surface area (Å²) in [5.74, 6) is 0. The highest BCUT2D eigenvalue weighted by molar-refractivity contribution is 5.85. The smallest absolute Gasteiger partial charge is 0.0831 e. The molecule has 0 saturated carbocycles. The van der Waals surface area contributed by atoms with E-state index in [0.29, 0.717) is 18.1 Å². The molecule has 90 valence electrons. The Bertz CT molecular complexity index is 205. The Hall–Kier alpha value is 0.130. The second-order valence-electron chi connectivity index (χ2n) is 4.66. The van der Waals surface area contributed by atoms with Crippen LogP contribution in [0.4, 0.5) is 0 Å². The zero-order valence-corrected chi connectivity index (χ0v) is 10.0. The molecule has 2 saturated heterocycles. The van der Waals surface area contributed by atoms with Crippen molar-refractivity contribution < 1.29 is 5.11 Å². The summed E-state index contributed by atoms with van der Waals surface area (Å²) >= 11 is 0. The summed E-state index contributed by atoms with van der Waals surface area (Å²) in [7, 11) is 0. The van der Waals surface area contributed by atoms with E-state index in [1.807, 2.05) is 0 Å². The number of nitrogens with one attached hydrogen (secondary N) is 1. The van der Waals surface area contributed by atoms with Gasteiger partial charge in [0.05, 0.1) is 6.10 Å². The van der Waals surface area contributed by atoms with E-state index in [9.17, 15) is 5.11 Å². The Labute approximate surface area is 97.6 Å². The molecule has 0 spiro atoms. The van der Waals surface area contributed by atoms with Gasteiger partial charge in [0.1, 0.15) is 0 Å². The van der Waals surface area contributed by atoms with Gasteiger partial charge in [-0.2, -0.15) is 0 Å². The van der Waals surface area contributed by atoms with Gasteiger partial charge in [-0.05, 0) is 19.8 Å². The van der Waals surface area contributed by atoms with E-state index in [1.165, 1.54) is 0 Å². The number of likely N-dealkylation sites (tertiary alicyclic amines) is 1. The maximum Gasteiger partial charge on any atom is 0.0831 e. The van der Waals surface area contributed by atoms with E-state index < -0.39 is 0 Å². The number of halogens is 1. The zero-order chi connectivity index (χ0) is 10.1. The van der Waals surface area contributed by atoms with Crippen molar-refractivity contribution >= 4 is 12.4 Å². The van der Waals surface area contributed by atoms with Gasteiger partial charge in [0.15, 0.2) is 0 Å². The lowest BCUT2D eigenvalue weighted by Crippen LogP contribution is -2.53. The van der Waals surface area contributed by atoms with Crippen LogP contribution in [-0.2, 0) is 0 Å². The number of nitrogens with two attached hydrogens (primary N) is 1. The van der Waals surface area contributed by atoms with Crippen LogP contribution in [0.5, 0.6) is 0 Å². The Balaban J connectivity index is 0.00000112. The predicted octanol–water partition coefficient (Wildman–Crippen LogP) is -0.447. The molecule has 0 amide bonds. The van der Waals surface area contributed by atoms with Gasteiger partial charge in [0.2, 0.25) is 0 Å². The SMILES string of the molecule is CC1CC(N)CCN1[C@@H]1CNC[C@H]1O.Cl. The molecule has 2 aliphatic rings. The van der Waals surface area contributed by atoms with Crippen LogP contribution in [0.1, 0.15) is 19.8 Å². The first-order chi connectivity index (χ1) is 6.68. The molecule has 2 rings (SSSR count). The molecule has 5 heteroatoms. The van der Waals surface area contributed by atoms with Gasteiger partial charge < -0.3 is 16.2 Å². The summed E-state index contributed by atoms with van der Waals surface area (Å²) in [5, 5.41) is 13.0. The number of piperidine rings is 1. The van der Waals surface area contributed by atoms with Crippen molar-refractivity contribution in [3.8, 4) is 0 Å². The largest absolute Gasteiger partial charge is 0.390 e. The molecule has 0 aromatic rings. The summed E-state index contributed by atoms with van der Waals surface area (Å²) in [4.78, 5) is 2.41. The fourth-order valence-corrected chi connectivity index (χ4v) is 2.71. The van der Waals surface area contributed by atoms with E-state index in [0.717, 1.165) is 32.5 Å². The van der Waals surface area contributed by atoms with Crippen LogP contribution in [-0.4, -0.2) is 53.9 Å². The second kappa shape index (κ2) is 5.46. The number of β-amino-alcohol motifs (C(OH)–C–C–N with tert-alkyl or cyclic N) is 1. The van der Waals surface area contributed by atoms with Gasteiger partial charge in [0, 0.05) is 37.8 Å². The van der Waals surface area contributed by atoms with E-state index in [2.05, 4.69) is 17.1 Å². The highest BCUT2D eigenvalue weighted by Gasteiger charge is 2.35. The number of aliphatic hydroxyl groups is 1. The minimum absolute atomic E-state index is 0. The van der Waals surface area contributed by atoms with Gasteiger partial charge in [-0.25, -0.2) is 0 Å². The normalized spacial score (nSPS) is 42.6. The van der Waals surface area contributed by atoms with Gasteiger partial charge in [-0.15, -0.1) is 12.4 Å². The summed E-state index contributed by atoms with van der Waals surface area (Å²) in [6.07, 6.45) is 1.92. The first-order valence-electron chi connectivity index (χ1n) is 5.58. The van der Waals surface area contributed by atoms with Gasteiger partial charge in [0.25, 0.3) is 0 Å². The molecule has 0 radical (unpaired) electrons. The third kappa shape index (κ3) is 2.82. The molecule has 2 heterocycles. The summed E-state index contributed by atoms with van der Waals surface area (Å²) in [5.41, 5.74) is 5.92. The maximum absolute atomic E-state index is 9.79. The lowest BCUT2D eigenvalue weighted by Gasteiger charge is -2.41. The van der Waals surface area contributed by atoms with Crippen molar-refractivity contribution in [1.82, 2.24) is 10.2 Å². The number of aliphatic hydroxyl groups excluding tert-OH is 1. The van der Waals surface area contributed by atoms with Crippen molar-refractivity contribution in [2.45, 2.75) is 44.0 Å². The second-order valence-corrected chi connectivity index (χ2v) is 4.66. The van der Waals surface area contributed by atoms with E-state index >= 15 is 0 Å². The van der Waals surface area contributed by atoms with E-state index in [4.69, 9.17) is 5.73 Å². The summed E-state index contributed by atoms with van der Waals surface area (Å²) in [6, 6.07) is 1.17. The number of hydrogen-bond acceptors (Lipinski definition) is 4. The van der Waals surface area contributed by atoms with Crippen molar-refractivity contribution in [2.75, 3.05) is 19.6 Å². The molecular formula is C10H22ClN3O. The molecule has 4 atom stereocenters. The minimum Gasteiger partial charge on any atom is -0.390 e. The predicted molar refractivity (Wildman–Crippen MR) is 63.3 cm³/mol. The van der Waals surface area contributed by atoms with Crippen molar-refractivity contribution in [3.63, 3.8) is 0 Å². The maximum atomic E-state index is 9.79. The van der Waals surface area contributed by atoms with E-state index in [-0.39, 0.29) is 18.5 Å². The highest BCUT2D eigenvalue weighted by Crippen LogP contribution is 2.21. The molecule has 2 aliphatic heterocycles. The van der Waals surface area contributed by atoms with Gasteiger partial charge in [-0.1, -0.05) is 0 Å². The Morgan fingerprint density at radius 2 is 2.13 bits per heavy atom. The van der Waals surface area contributed by atoms with Gasteiger partial charge >= 0.3 is 0 Å². The number of rotatable bonds is 1. The third-order valence-electron chi connectivity index (χ3n) is 3.55. The third-order valence-corrected chi connectivity index (χ3v) is 3.55. The fraction of sp³-hybridized carbons (Fsp3) is 1.00. The lowest BCUT2D eigenvalue weighted by atomic mass is 9.96. The van der Waals surface area contributed by atoms with Crippen molar-refractivity contribution in [3.05, 3.63) is 0 Å². The monoisotopic (exact) mass is 235 g/mol. The number of nitrogens with zero attached hydrogens (tertiary/aromatic N) is 1. The average Bonchev–Trinajstić information content (AvgIpc) is 2.52. The molecule has 4 N–H and O–H groups in total. The van der Waals surface area contributed by atoms with Crippen LogP contribution in [0, 0.1) is 0 Å². The molecule has 4 nitrogen and oxygen atoms in total. The number of hydrogen-bond donors (Lipinski definition) is 3. The first kappa shape index (κ1) is 13.2. The molecule has 2 fully saturated rings. The Morgan fingerprint density at radius 3 is 2.67 bits per heavy atom. The summed E-state index contributed by atoms with van der Waals surface area (Å²) < 4.78 is 0. The van der Waals surface area contributed by atoms with Crippen LogP contribution in [0.25, 0.3) is 0 Å². The molecule has 0 aromatic carbocycles. The van der Waals surface area contributed by atoms with Crippen molar-refractivity contribution in [2.24, 2.45) is 5.73 Å². The molecular weight excluding hydrogens is 214 g/mol. The van der Waals surface area contributed by atoms with Crippen LogP contribution in [0.2, 0.25) is 0 Å². The highest BCUT2D eigenvalue weighted by atomic mass is 35.5. The topological polar surface area (TPSA) is 61.5 Å². The lowest BCUT2D eigenvalue weighted by molar-refractivity contribution is 0.0361. The molecule has 0 bridgehead atoms. The standard InChI is InChI=1S/C10H21N3O.ClH/c1-7-4-8(11)2-3-13(7)9-5-12-6-10(9)14;/h7-10,12,14H,2-6,11H2,1H3;1H/t7?,8?,9-,10-;/m1./s1. The van der Waals surface area contributed by atoms with Crippen LogP contribution >= 0.6 is 12.4 Å². The molecule has 0 aliphatic carbocycles. The van der Waals surface area contributed by atoms with E-state index in [1.54, 1.807) is 0 Å². The Morgan fingerprint density at radius 1 is 1.40 bits per heavy atom. The van der Waals surface area contributed by atoms with Crippen LogP contribution in [0.15, 0.2) is 0 Å². The van der Waals surface area contributed by atoms with Crippen LogP contribution in [0.3, 0.4) is 0 Å².